The quantitative estimate of drug-likeness (QED) is 0.332. The summed E-state index contributed by atoms with van der Waals surface area (Å²) in [4.78, 5) is 6.90. The molecule has 1 aliphatic rings. The Morgan fingerprint density at radius 1 is 1.67 bits per heavy atom. The standard InChI is InChI=1S/C6H11N5O/c7-5-4-6(10-2-9-4)8-1-3(12)11-5/h2-3,5,8,11-12H,1,7H2,(H,9,10)/t3-,5+/m0/s1. The van der Waals surface area contributed by atoms with E-state index in [9.17, 15) is 5.11 Å². The molecule has 0 spiro atoms. The Morgan fingerprint density at radius 3 is 3.33 bits per heavy atom. The number of nitrogens with zero attached hydrogens (tertiary/aromatic N) is 1. The number of hydrogen-bond acceptors (Lipinski definition) is 5. The third-order valence-electron chi connectivity index (χ3n) is 1.81. The number of nitrogens with two attached hydrogens (primary N) is 1. The number of aliphatic hydroxyl groups is 1. The zero-order valence-electron chi connectivity index (χ0n) is 6.41. The number of H-pyrrole nitrogens is 1. The molecule has 2 atom stereocenters. The van der Waals surface area contributed by atoms with Crippen molar-refractivity contribution >= 4 is 5.82 Å². The van der Waals surface area contributed by atoms with Crippen molar-refractivity contribution in [3.63, 3.8) is 0 Å². The van der Waals surface area contributed by atoms with Crippen LogP contribution in [0.4, 0.5) is 5.82 Å². The molecule has 1 aromatic heterocycles. The second kappa shape index (κ2) is 2.74. The number of fused-ring (bicyclic) bond motifs is 1. The van der Waals surface area contributed by atoms with Gasteiger partial charge in [-0.3, -0.25) is 5.32 Å². The first-order valence-corrected chi connectivity index (χ1v) is 3.74. The van der Waals surface area contributed by atoms with Crippen LogP contribution in [0.5, 0.6) is 0 Å². The highest BCUT2D eigenvalue weighted by Gasteiger charge is 2.20. The molecule has 6 heteroatoms. The van der Waals surface area contributed by atoms with Crippen molar-refractivity contribution in [1.82, 2.24) is 15.3 Å². The molecule has 0 bridgehead atoms. The van der Waals surface area contributed by atoms with Gasteiger partial charge in [0.05, 0.1) is 18.6 Å². The summed E-state index contributed by atoms with van der Waals surface area (Å²) in [6.45, 7) is 0.408. The lowest BCUT2D eigenvalue weighted by atomic mass is 10.3. The van der Waals surface area contributed by atoms with Gasteiger partial charge in [-0.05, 0) is 0 Å². The summed E-state index contributed by atoms with van der Waals surface area (Å²) < 4.78 is 0. The fourth-order valence-electron chi connectivity index (χ4n) is 1.23. The predicted molar refractivity (Wildman–Crippen MR) is 43.1 cm³/mol. The number of aliphatic hydroxyl groups excluding tert-OH is 1. The van der Waals surface area contributed by atoms with Gasteiger partial charge >= 0.3 is 0 Å². The molecule has 12 heavy (non-hydrogen) atoms. The van der Waals surface area contributed by atoms with Crippen LogP contribution in [0.1, 0.15) is 11.9 Å². The summed E-state index contributed by atoms with van der Waals surface area (Å²) >= 11 is 0. The van der Waals surface area contributed by atoms with Crippen molar-refractivity contribution in [2.45, 2.75) is 12.4 Å². The van der Waals surface area contributed by atoms with E-state index < -0.39 is 12.4 Å². The molecule has 0 unspecified atom stereocenters. The molecule has 66 valence electrons. The van der Waals surface area contributed by atoms with Gasteiger partial charge in [0.15, 0.2) is 0 Å². The topological polar surface area (TPSA) is 99.0 Å². The van der Waals surface area contributed by atoms with E-state index in [1.807, 2.05) is 0 Å². The third-order valence-corrected chi connectivity index (χ3v) is 1.81. The minimum absolute atomic E-state index is 0.396. The fraction of sp³-hybridized carbons (Fsp3) is 0.500. The Bertz CT molecular complexity index is 273. The average Bonchev–Trinajstić information content (AvgIpc) is 2.43. The van der Waals surface area contributed by atoms with Crippen LogP contribution in [0.15, 0.2) is 6.33 Å². The molecule has 1 aliphatic heterocycles. The van der Waals surface area contributed by atoms with E-state index in [4.69, 9.17) is 5.73 Å². The highest BCUT2D eigenvalue weighted by atomic mass is 16.3. The van der Waals surface area contributed by atoms with Crippen LogP contribution in [0.25, 0.3) is 0 Å². The molecular formula is C6H11N5O. The lowest BCUT2D eigenvalue weighted by Crippen LogP contribution is -2.39. The van der Waals surface area contributed by atoms with Crippen molar-refractivity contribution in [3.8, 4) is 0 Å². The fourth-order valence-corrected chi connectivity index (χ4v) is 1.23. The average molecular weight is 169 g/mol. The monoisotopic (exact) mass is 169 g/mol. The second-order valence-electron chi connectivity index (χ2n) is 2.71. The number of aromatic amines is 1. The molecule has 0 saturated heterocycles. The summed E-state index contributed by atoms with van der Waals surface area (Å²) in [7, 11) is 0. The molecule has 6 nitrogen and oxygen atoms in total. The molecule has 0 aromatic carbocycles. The van der Waals surface area contributed by atoms with E-state index in [-0.39, 0.29) is 0 Å². The van der Waals surface area contributed by atoms with Crippen molar-refractivity contribution in [2.75, 3.05) is 11.9 Å². The molecule has 1 aromatic rings. The Balaban J connectivity index is 2.29. The summed E-state index contributed by atoms with van der Waals surface area (Å²) in [6, 6.07) is 0. The smallest absolute Gasteiger partial charge is 0.150 e. The largest absolute Gasteiger partial charge is 0.377 e. The minimum atomic E-state index is -0.636. The van der Waals surface area contributed by atoms with Crippen LogP contribution < -0.4 is 16.4 Å². The number of imidazole rings is 1. The van der Waals surface area contributed by atoms with Crippen molar-refractivity contribution in [3.05, 3.63) is 12.0 Å². The number of anilines is 1. The zero-order chi connectivity index (χ0) is 8.55. The van der Waals surface area contributed by atoms with E-state index >= 15 is 0 Å². The molecule has 0 amide bonds. The van der Waals surface area contributed by atoms with Gasteiger partial charge in [0, 0.05) is 0 Å². The molecule has 0 radical (unpaired) electrons. The molecule has 2 heterocycles. The maximum absolute atomic E-state index is 9.25. The van der Waals surface area contributed by atoms with Gasteiger partial charge in [-0.2, -0.15) is 0 Å². The highest BCUT2D eigenvalue weighted by Crippen LogP contribution is 2.17. The van der Waals surface area contributed by atoms with Gasteiger partial charge in [-0.25, -0.2) is 4.98 Å². The van der Waals surface area contributed by atoms with E-state index in [0.717, 1.165) is 5.69 Å². The van der Waals surface area contributed by atoms with Crippen LogP contribution in [-0.2, 0) is 0 Å². The summed E-state index contributed by atoms with van der Waals surface area (Å²) in [5.74, 6) is 0.701. The Labute approximate surface area is 69.2 Å². The van der Waals surface area contributed by atoms with E-state index in [1.54, 1.807) is 6.33 Å². The lowest BCUT2D eigenvalue weighted by molar-refractivity contribution is 0.137. The van der Waals surface area contributed by atoms with Crippen LogP contribution in [0.3, 0.4) is 0 Å². The van der Waals surface area contributed by atoms with Crippen molar-refractivity contribution < 1.29 is 5.11 Å². The number of rotatable bonds is 0. The summed E-state index contributed by atoms with van der Waals surface area (Å²) in [5, 5.41) is 15.0. The van der Waals surface area contributed by atoms with Crippen molar-refractivity contribution in [1.29, 1.82) is 0 Å². The molecule has 6 N–H and O–H groups in total. The van der Waals surface area contributed by atoms with Gasteiger partial charge in [-0.1, -0.05) is 0 Å². The predicted octanol–water partition coefficient (Wildman–Crippen LogP) is -1.30. The van der Waals surface area contributed by atoms with Crippen LogP contribution in [0.2, 0.25) is 0 Å². The first-order chi connectivity index (χ1) is 5.77. The van der Waals surface area contributed by atoms with Crippen LogP contribution in [0, 0.1) is 0 Å². The van der Waals surface area contributed by atoms with Crippen molar-refractivity contribution in [2.24, 2.45) is 5.73 Å². The van der Waals surface area contributed by atoms with Gasteiger partial charge in [0.1, 0.15) is 18.2 Å². The summed E-state index contributed by atoms with van der Waals surface area (Å²) in [6.07, 6.45) is 0.534. The maximum Gasteiger partial charge on any atom is 0.150 e. The summed E-state index contributed by atoms with van der Waals surface area (Å²) in [5.41, 5.74) is 6.47. The van der Waals surface area contributed by atoms with Gasteiger partial charge in [0.2, 0.25) is 0 Å². The number of hydrogen-bond donors (Lipinski definition) is 5. The molecule has 0 saturated carbocycles. The zero-order valence-corrected chi connectivity index (χ0v) is 6.41. The SMILES string of the molecule is N[C@@H]1N[C@@H](O)CNc2nc[nH]c21. The second-order valence-corrected chi connectivity index (χ2v) is 2.71. The number of nitrogens with one attached hydrogen (secondary N) is 3. The number of β-amino-alcohol motifs (C(OH)–C–C–N with tert-alkyl or cyclic N) is 1. The van der Waals surface area contributed by atoms with E-state index in [0.29, 0.717) is 12.4 Å². The first kappa shape index (κ1) is 7.53. The van der Waals surface area contributed by atoms with Gasteiger partial charge < -0.3 is 21.1 Å². The lowest BCUT2D eigenvalue weighted by Gasteiger charge is -2.12. The number of aromatic nitrogens is 2. The minimum Gasteiger partial charge on any atom is -0.377 e. The van der Waals surface area contributed by atoms with E-state index in [2.05, 4.69) is 20.6 Å². The Morgan fingerprint density at radius 2 is 2.50 bits per heavy atom. The maximum atomic E-state index is 9.25. The van der Waals surface area contributed by atoms with Gasteiger partial charge in [0.25, 0.3) is 0 Å². The van der Waals surface area contributed by atoms with Gasteiger partial charge in [-0.15, -0.1) is 0 Å². The Kier molecular flexibility index (Phi) is 1.72. The van der Waals surface area contributed by atoms with Crippen LogP contribution in [-0.4, -0.2) is 27.8 Å². The first-order valence-electron chi connectivity index (χ1n) is 3.74. The molecule has 0 fully saturated rings. The molecule has 2 rings (SSSR count). The molecular weight excluding hydrogens is 158 g/mol. The highest BCUT2D eigenvalue weighted by molar-refractivity contribution is 5.42. The molecule has 0 aliphatic carbocycles. The Hall–Kier alpha value is -1.11. The third kappa shape index (κ3) is 1.15. The van der Waals surface area contributed by atoms with Crippen LogP contribution >= 0.6 is 0 Å². The van der Waals surface area contributed by atoms with E-state index in [1.165, 1.54) is 0 Å². The normalized spacial score (nSPS) is 28.8.